The van der Waals surface area contributed by atoms with E-state index in [0.717, 1.165) is 6.08 Å². The maximum absolute atomic E-state index is 10.3. The summed E-state index contributed by atoms with van der Waals surface area (Å²) in [5.41, 5.74) is 0. The molecule has 0 saturated carbocycles. The van der Waals surface area contributed by atoms with Gasteiger partial charge in [0, 0.05) is 26.3 Å². The summed E-state index contributed by atoms with van der Waals surface area (Å²) in [6.45, 7) is 11.7. The molecule has 0 unspecified atom stereocenters. The zero-order valence-corrected chi connectivity index (χ0v) is 9.62. The van der Waals surface area contributed by atoms with Crippen molar-refractivity contribution in [3.63, 3.8) is 0 Å². The molecule has 4 heteroatoms. The molecule has 0 aliphatic carbocycles. The van der Waals surface area contributed by atoms with Gasteiger partial charge in [0.25, 0.3) is 0 Å². The SMILES string of the molecule is C1CN1.C=CC.C=CC(=O)OCCOC. The number of hydrogen-bond donors (Lipinski definition) is 1. The van der Waals surface area contributed by atoms with Gasteiger partial charge in [-0.3, -0.25) is 0 Å². The molecule has 0 aromatic heterocycles. The van der Waals surface area contributed by atoms with E-state index in [1.54, 1.807) is 13.2 Å². The van der Waals surface area contributed by atoms with Crippen LogP contribution in [0.4, 0.5) is 0 Å². The van der Waals surface area contributed by atoms with E-state index >= 15 is 0 Å². The predicted octanol–water partition coefficient (Wildman–Crippen LogP) is 1.14. The summed E-state index contributed by atoms with van der Waals surface area (Å²) < 4.78 is 9.17. The molecule has 88 valence electrons. The van der Waals surface area contributed by atoms with Crippen molar-refractivity contribution in [2.45, 2.75) is 6.92 Å². The van der Waals surface area contributed by atoms with Gasteiger partial charge < -0.3 is 14.8 Å². The lowest BCUT2D eigenvalue weighted by atomic mass is 10.6. The molecule has 0 amide bonds. The third-order valence-electron chi connectivity index (χ3n) is 0.948. The van der Waals surface area contributed by atoms with Gasteiger partial charge in [-0.05, 0) is 6.92 Å². The predicted molar refractivity (Wildman–Crippen MR) is 61.8 cm³/mol. The van der Waals surface area contributed by atoms with Crippen molar-refractivity contribution in [1.29, 1.82) is 0 Å². The zero-order valence-electron chi connectivity index (χ0n) is 9.62. The molecule has 0 aromatic carbocycles. The lowest BCUT2D eigenvalue weighted by molar-refractivity contribution is -0.138. The fourth-order valence-electron chi connectivity index (χ4n) is 0.285. The Morgan fingerprint density at radius 3 is 2.13 bits per heavy atom. The first-order valence-corrected chi connectivity index (χ1v) is 4.78. The summed E-state index contributed by atoms with van der Waals surface area (Å²) in [4.78, 5) is 10.3. The number of nitrogens with one attached hydrogen (secondary N) is 1. The van der Waals surface area contributed by atoms with Crippen molar-refractivity contribution in [3.8, 4) is 0 Å². The van der Waals surface area contributed by atoms with Crippen LogP contribution in [0.1, 0.15) is 6.92 Å². The lowest BCUT2D eigenvalue weighted by Gasteiger charge is -1.98. The highest BCUT2D eigenvalue weighted by Gasteiger charge is 1.91. The Morgan fingerprint density at radius 2 is 1.87 bits per heavy atom. The zero-order chi connectivity index (χ0) is 11.9. The number of esters is 1. The normalized spacial score (nSPS) is 10.8. The van der Waals surface area contributed by atoms with Gasteiger partial charge >= 0.3 is 5.97 Å². The number of carbonyl (C=O) groups is 1. The molecule has 1 saturated heterocycles. The fourth-order valence-corrected chi connectivity index (χ4v) is 0.285. The highest BCUT2D eigenvalue weighted by Crippen LogP contribution is 1.78. The fraction of sp³-hybridized carbons (Fsp3) is 0.545. The van der Waals surface area contributed by atoms with Gasteiger partial charge in [-0.1, -0.05) is 12.7 Å². The standard InChI is InChI=1S/C6H10O3.C3H6.C2H5N/c1-3-6(7)9-5-4-8-2;1-3-2;1-2-3-1/h3H,1,4-5H2,2H3;3H,1H2,2H3;3H,1-2H2. The molecule has 1 aliphatic rings. The second-order valence-electron chi connectivity index (χ2n) is 2.52. The van der Waals surface area contributed by atoms with Crippen molar-refractivity contribution >= 4 is 5.97 Å². The van der Waals surface area contributed by atoms with E-state index in [1.165, 1.54) is 13.1 Å². The summed E-state index contributed by atoms with van der Waals surface area (Å²) in [7, 11) is 1.54. The Labute approximate surface area is 92.0 Å². The van der Waals surface area contributed by atoms with E-state index < -0.39 is 5.97 Å². The molecule has 0 bridgehead atoms. The Kier molecular flexibility index (Phi) is 16.7. The van der Waals surface area contributed by atoms with Crippen LogP contribution in [0.2, 0.25) is 0 Å². The molecular weight excluding hydrogens is 194 g/mol. The molecule has 0 spiro atoms. The van der Waals surface area contributed by atoms with Gasteiger partial charge in [-0.2, -0.15) is 0 Å². The molecule has 0 atom stereocenters. The second-order valence-corrected chi connectivity index (χ2v) is 2.52. The van der Waals surface area contributed by atoms with Crippen LogP contribution in [0.5, 0.6) is 0 Å². The first-order valence-electron chi connectivity index (χ1n) is 4.78. The minimum Gasteiger partial charge on any atom is -0.460 e. The third-order valence-corrected chi connectivity index (χ3v) is 0.948. The van der Waals surface area contributed by atoms with Gasteiger partial charge in [0.15, 0.2) is 0 Å². The van der Waals surface area contributed by atoms with E-state index in [9.17, 15) is 4.79 Å². The summed E-state index contributed by atoms with van der Waals surface area (Å²) in [5, 5.41) is 3.00. The van der Waals surface area contributed by atoms with E-state index in [4.69, 9.17) is 0 Å². The van der Waals surface area contributed by atoms with Crippen molar-refractivity contribution in [3.05, 3.63) is 25.3 Å². The monoisotopic (exact) mass is 215 g/mol. The maximum atomic E-state index is 10.3. The number of carbonyl (C=O) groups excluding carboxylic acids is 1. The lowest BCUT2D eigenvalue weighted by Crippen LogP contribution is -2.06. The van der Waals surface area contributed by atoms with Crippen LogP contribution in [0.15, 0.2) is 25.3 Å². The first-order chi connectivity index (χ1) is 7.22. The molecule has 1 heterocycles. The number of allylic oxidation sites excluding steroid dienone is 1. The Hall–Kier alpha value is -1.13. The van der Waals surface area contributed by atoms with Gasteiger partial charge in [0.1, 0.15) is 6.61 Å². The van der Waals surface area contributed by atoms with Crippen LogP contribution in [0, 0.1) is 0 Å². The largest absolute Gasteiger partial charge is 0.460 e. The smallest absolute Gasteiger partial charge is 0.330 e. The van der Waals surface area contributed by atoms with Crippen LogP contribution < -0.4 is 5.32 Å². The molecule has 4 nitrogen and oxygen atoms in total. The maximum Gasteiger partial charge on any atom is 0.330 e. The van der Waals surface area contributed by atoms with Crippen molar-refractivity contribution < 1.29 is 14.3 Å². The Balaban J connectivity index is 0. The van der Waals surface area contributed by atoms with Crippen molar-refractivity contribution in [1.82, 2.24) is 5.32 Å². The Bertz CT molecular complexity index is 164. The summed E-state index contributed by atoms with van der Waals surface area (Å²) in [6.07, 6.45) is 2.87. The van der Waals surface area contributed by atoms with Crippen LogP contribution >= 0.6 is 0 Å². The number of rotatable bonds is 4. The quantitative estimate of drug-likeness (QED) is 0.251. The first kappa shape index (κ1) is 16.3. The summed E-state index contributed by atoms with van der Waals surface area (Å²) in [6, 6.07) is 0. The second kappa shape index (κ2) is 15.3. The van der Waals surface area contributed by atoms with E-state index in [1.807, 2.05) is 6.92 Å². The minimum absolute atomic E-state index is 0.293. The van der Waals surface area contributed by atoms with Crippen LogP contribution in [0.3, 0.4) is 0 Å². The minimum atomic E-state index is -0.410. The number of hydrogen-bond acceptors (Lipinski definition) is 4. The molecule has 15 heavy (non-hydrogen) atoms. The third kappa shape index (κ3) is 32.2. The van der Waals surface area contributed by atoms with Gasteiger partial charge in [0.05, 0.1) is 6.61 Å². The van der Waals surface area contributed by atoms with Crippen molar-refractivity contribution in [2.24, 2.45) is 0 Å². The van der Waals surface area contributed by atoms with Gasteiger partial charge in [0.2, 0.25) is 0 Å². The van der Waals surface area contributed by atoms with Gasteiger partial charge in [-0.25, -0.2) is 4.79 Å². The molecule has 1 aliphatic heterocycles. The van der Waals surface area contributed by atoms with Crippen LogP contribution in [0.25, 0.3) is 0 Å². The molecule has 0 aromatic rings. The highest BCUT2D eigenvalue weighted by molar-refractivity contribution is 5.81. The molecule has 1 rings (SSSR count). The molecule has 1 N–H and O–H groups in total. The number of ether oxygens (including phenoxy) is 2. The number of methoxy groups -OCH3 is 1. The van der Waals surface area contributed by atoms with E-state index in [0.29, 0.717) is 13.2 Å². The van der Waals surface area contributed by atoms with E-state index in [-0.39, 0.29) is 0 Å². The molecular formula is C11H21NO3. The highest BCUT2D eigenvalue weighted by atomic mass is 16.6. The topological polar surface area (TPSA) is 57.5 Å². The van der Waals surface area contributed by atoms with Gasteiger partial charge in [-0.15, -0.1) is 6.58 Å². The average Bonchev–Trinajstić information content (AvgIpc) is 3.06. The average molecular weight is 215 g/mol. The summed E-state index contributed by atoms with van der Waals surface area (Å²) in [5.74, 6) is -0.410. The van der Waals surface area contributed by atoms with E-state index in [2.05, 4.69) is 27.9 Å². The van der Waals surface area contributed by atoms with Crippen LogP contribution in [-0.2, 0) is 14.3 Å². The van der Waals surface area contributed by atoms with Crippen LogP contribution in [-0.4, -0.2) is 39.4 Å². The summed E-state index contributed by atoms with van der Waals surface area (Å²) >= 11 is 0. The molecule has 0 radical (unpaired) electrons. The Morgan fingerprint density at radius 1 is 1.40 bits per heavy atom. The van der Waals surface area contributed by atoms with Crippen molar-refractivity contribution in [2.75, 3.05) is 33.4 Å². The molecule has 1 fully saturated rings.